The molecule has 0 spiro atoms. The van der Waals surface area contributed by atoms with E-state index in [0.717, 1.165) is 11.1 Å². The quantitative estimate of drug-likeness (QED) is 0.432. The molecule has 1 aromatic rings. The molecule has 0 heterocycles. The Morgan fingerprint density at radius 1 is 1.08 bits per heavy atom. The fourth-order valence-electron chi connectivity index (χ4n) is 0.848. The molecule has 0 saturated heterocycles. The summed E-state index contributed by atoms with van der Waals surface area (Å²) < 4.78 is 0. The minimum atomic E-state index is -1.23. The molecule has 1 heteroatoms. The van der Waals surface area contributed by atoms with E-state index in [1.807, 2.05) is 24.3 Å². The molecule has 0 amide bonds. The lowest BCUT2D eigenvalue weighted by atomic mass is 10.2. The third kappa shape index (κ3) is 3.96. The number of hydrogen-bond donors (Lipinski definition) is 0. The lowest BCUT2D eigenvalue weighted by molar-refractivity contribution is 1.58. The SMILES string of the molecule is [CH2]c1ccc(C#C[Si](C)(C)C)cc1. The Morgan fingerprint density at radius 3 is 2.08 bits per heavy atom. The maximum absolute atomic E-state index is 3.83. The van der Waals surface area contributed by atoms with Gasteiger partial charge in [-0.1, -0.05) is 37.7 Å². The van der Waals surface area contributed by atoms with Gasteiger partial charge in [-0.25, -0.2) is 0 Å². The fraction of sp³-hybridized carbons (Fsp3) is 0.250. The molecule has 13 heavy (non-hydrogen) atoms. The van der Waals surface area contributed by atoms with Crippen molar-refractivity contribution in [1.29, 1.82) is 0 Å². The van der Waals surface area contributed by atoms with Crippen LogP contribution in [0.4, 0.5) is 0 Å². The first-order chi connectivity index (χ1) is 5.97. The van der Waals surface area contributed by atoms with Crippen molar-refractivity contribution in [3.8, 4) is 11.5 Å². The van der Waals surface area contributed by atoms with Crippen LogP contribution in [0.5, 0.6) is 0 Å². The minimum absolute atomic E-state index is 1.04. The van der Waals surface area contributed by atoms with Gasteiger partial charge in [-0.2, -0.15) is 0 Å². The average Bonchev–Trinajstić information content (AvgIpc) is 2.02. The third-order valence-electron chi connectivity index (χ3n) is 1.54. The Labute approximate surface area is 82.0 Å². The van der Waals surface area contributed by atoms with Crippen LogP contribution in [0.2, 0.25) is 19.6 Å². The summed E-state index contributed by atoms with van der Waals surface area (Å²) in [4.78, 5) is 0. The Bertz CT molecular complexity index is 330. The van der Waals surface area contributed by atoms with Gasteiger partial charge >= 0.3 is 0 Å². The summed E-state index contributed by atoms with van der Waals surface area (Å²) in [6, 6.07) is 8.04. The summed E-state index contributed by atoms with van der Waals surface area (Å²) in [7, 11) is -1.23. The Balaban J connectivity index is 2.85. The summed E-state index contributed by atoms with van der Waals surface area (Å²) in [5, 5.41) is 0. The van der Waals surface area contributed by atoms with E-state index in [9.17, 15) is 0 Å². The zero-order valence-corrected chi connectivity index (χ0v) is 9.52. The van der Waals surface area contributed by atoms with Crippen molar-refractivity contribution in [3.05, 3.63) is 42.3 Å². The highest BCUT2D eigenvalue weighted by atomic mass is 28.3. The smallest absolute Gasteiger partial charge is 0.127 e. The molecule has 0 N–H and O–H groups in total. The normalized spacial score (nSPS) is 10.5. The van der Waals surface area contributed by atoms with E-state index in [1.54, 1.807) is 0 Å². The predicted octanol–water partition coefficient (Wildman–Crippen LogP) is 3.10. The van der Waals surface area contributed by atoms with Gasteiger partial charge in [0, 0.05) is 5.56 Å². The van der Waals surface area contributed by atoms with Crippen molar-refractivity contribution in [2.24, 2.45) is 0 Å². The molecular formula is C12H15Si. The Hall–Kier alpha value is -1.00. The molecule has 0 aliphatic heterocycles. The first-order valence-corrected chi connectivity index (χ1v) is 7.92. The van der Waals surface area contributed by atoms with Crippen LogP contribution >= 0.6 is 0 Å². The molecule has 1 aromatic carbocycles. The van der Waals surface area contributed by atoms with Crippen molar-refractivity contribution >= 4 is 8.07 Å². The molecule has 0 atom stereocenters. The van der Waals surface area contributed by atoms with Crippen molar-refractivity contribution in [2.75, 3.05) is 0 Å². The largest absolute Gasteiger partial charge is 0.129 e. The summed E-state index contributed by atoms with van der Waals surface area (Å²) in [6.45, 7) is 10.6. The second kappa shape index (κ2) is 3.80. The maximum Gasteiger partial charge on any atom is 0.129 e. The topological polar surface area (TPSA) is 0 Å². The Kier molecular flexibility index (Phi) is 2.95. The van der Waals surface area contributed by atoms with Crippen LogP contribution in [0.3, 0.4) is 0 Å². The molecule has 0 saturated carbocycles. The summed E-state index contributed by atoms with van der Waals surface area (Å²) in [5.41, 5.74) is 5.46. The van der Waals surface area contributed by atoms with E-state index in [2.05, 4.69) is 38.0 Å². The molecule has 0 nitrogen and oxygen atoms in total. The van der Waals surface area contributed by atoms with Crippen LogP contribution in [0, 0.1) is 18.4 Å². The molecule has 0 bridgehead atoms. The van der Waals surface area contributed by atoms with Crippen LogP contribution < -0.4 is 0 Å². The van der Waals surface area contributed by atoms with Crippen LogP contribution in [0.15, 0.2) is 24.3 Å². The molecule has 0 aliphatic carbocycles. The van der Waals surface area contributed by atoms with Gasteiger partial charge in [0.2, 0.25) is 0 Å². The van der Waals surface area contributed by atoms with Gasteiger partial charge in [0.05, 0.1) is 0 Å². The molecule has 1 rings (SSSR count). The van der Waals surface area contributed by atoms with Crippen molar-refractivity contribution in [3.63, 3.8) is 0 Å². The minimum Gasteiger partial charge on any atom is -0.127 e. The van der Waals surface area contributed by atoms with Gasteiger partial charge < -0.3 is 0 Å². The Morgan fingerprint density at radius 2 is 1.62 bits per heavy atom. The zero-order chi connectivity index (χ0) is 9.90. The highest BCUT2D eigenvalue weighted by Crippen LogP contribution is 2.02. The molecule has 0 aliphatic rings. The second-order valence-electron chi connectivity index (χ2n) is 4.20. The van der Waals surface area contributed by atoms with E-state index in [-0.39, 0.29) is 0 Å². The fourth-order valence-corrected chi connectivity index (χ4v) is 1.37. The first kappa shape index (κ1) is 10.1. The highest BCUT2D eigenvalue weighted by molar-refractivity contribution is 6.83. The van der Waals surface area contributed by atoms with Gasteiger partial charge in [-0.05, 0) is 24.6 Å². The van der Waals surface area contributed by atoms with E-state index < -0.39 is 8.07 Å². The molecule has 0 unspecified atom stereocenters. The molecule has 0 fully saturated rings. The van der Waals surface area contributed by atoms with Crippen molar-refractivity contribution in [1.82, 2.24) is 0 Å². The second-order valence-corrected chi connectivity index (χ2v) is 8.95. The summed E-state index contributed by atoms with van der Waals surface area (Å²) in [5.74, 6) is 3.20. The summed E-state index contributed by atoms with van der Waals surface area (Å²) in [6.07, 6.45) is 0. The van der Waals surface area contributed by atoms with E-state index in [0.29, 0.717) is 0 Å². The maximum atomic E-state index is 3.83. The van der Waals surface area contributed by atoms with Gasteiger partial charge in [0.25, 0.3) is 0 Å². The lowest BCUT2D eigenvalue weighted by Gasteiger charge is -2.03. The lowest BCUT2D eigenvalue weighted by Crippen LogP contribution is -2.16. The highest BCUT2D eigenvalue weighted by Gasteiger charge is 2.07. The van der Waals surface area contributed by atoms with Crippen LogP contribution in [-0.4, -0.2) is 8.07 Å². The van der Waals surface area contributed by atoms with E-state index in [4.69, 9.17) is 0 Å². The van der Waals surface area contributed by atoms with Gasteiger partial charge in [0.15, 0.2) is 0 Å². The monoisotopic (exact) mass is 187 g/mol. The van der Waals surface area contributed by atoms with Gasteiger partial charge in [-0.15, -0.1) is 5.54 Å². The van der Waals surface area contributed by atoms with E-state index >= 15 is 0 Å². The number of benzene rings is 1. The molecule has 0 aromatic heterocycles. The van der Waals surface area contributed by atoms with Crippen molar-refractivity contribution < 1.29 is 0 Å². The zero-order valence-electron chi connectivity index (χ0n) is 8.52. The molecule has 67 valence electrons. The predicted molar refractivity (Wildman–Crippen MR) is 61.1 cm³/mol. The van der Waals surface area contributed by atoms with Gasteiger partial charge in [0.1, 0.15) is 8.07 Å². The number of rotatable bonds is 0. The van der Waals surface area contributed by atoms with Gasteiger partial charge in [-0.3, -0.25) is 0 Å². The number of hydrogen-bond acceptors (Lipinski definition) is 0. The molecular weight excluding hydrogens is 172 g/mol. The summed E-state index contributed by atoms with van der Waals surface area (Å²) >= 11 is 0. The van der Waals surface area contributed by atoms with Crippen LogP contribution in [0.25, 0.3) is 0 Å². The third-order valence-corrected chi connectivity index (χ3v) is 2.41. The van der Waals surface area contributed by atoms with Crippen LogP contribution in [-0.2, 0) is 0 Å². The average molecular weight is 187 g/mol. The van der Waals surface area contributed by atoms with Crippen molar-refractivity contribution in [2.45, 2.75) is 19.6 Å². The first-order valence-electron chi connectivity index (χ1n) is 4.42. The standard InChI is InChI=1S/C12H15Si/c1-11-5-7-12(8-6-11)9-10-13(2,3)4/h5-8H,1H2,2-4H3. The van der Waals surface area contributed by atoms with E-state index in [1.165, 1.54) is 0 Å². The van der Waals surface area contributed by atoms with Crippen LogP contribution in [0.1, 0.15) is 11.1 Å². The molecule has 1 radical (unpaired) electrons.